The van der Waals surface area contributed by atoms with Crippen molar-refractivity contribution in [3.8, 4) is 11.8 Å². The van der Waals surface area contributed by atoms with Crippen molar-refractivity contribution in [2.75, 3.05) is 39.6 Å². The van der Waals surface area contributed by atoms with Crippen LogP contribution in [0.4, 0.5) is 5.82 Å². The van der Waals surface area contributed by atoms with Crippen molar-refractivity contribution in [3.05, 3.63) is 40.3 Å². The highest BCUT2D eigenvalue weighted by Gasteiger charge is 2.14. The number of benzene rings is 1. The highest BCUT2D eigenvalue weighted by atomic mass is 16.5. The Morgan fingerprint density at radius 1 is 1.19 bits per heavy atom. The largest absolute Gasteiger partial charge is 0.492 e. The molecule has 0 saturated heterocycles. The molecule has 0 aliphatic rings. The molecule has 3 N–H and O–H groups in total. The molecule has 9 nitrogen and oxygen atoms in total. The van der Waals surface area contributed by atoms with Gasteiger partial charge in [0.1, 0.15) is 17.9 Å². The maximum Gasteiger partial charge on any atom is 0.328 e. The predicted molar refractivity (Wildman–Crippen MR) is 103 cm³/mol. The van der Waals surface area contributed by atoms with E-state index in [0.717, 1.165) is 17.9 Å². The Morgan fingerprint density at radius 2 is 1.93 bits per heavy atom. The molecule has 9 heteroatoms. The molecule has 0 fully saturated rings. The van der Waals surface area contributed by atoms with Crippen molar-refractivity contribution >= 4 is 17.0 Å². The fraction of sp³-hybridized carbons (Fsp3) is 0.389. The second-order valence-electron chi connectivity index (χ2n) is 6.34. The smallest absolute Gasteiger partial charge is 0.328 e. The Hall–Kier alpha value is -3.07. The van der Waals surface area contributed by atoms with Crippen LogP contribution in [-0.4, -0.2) is 58.3 Å². The zero-order valence-corrected chi connectivity index (χ0v) is 15.7. The summed E-state index contributed by atoms with van der Waals surface area (Å²) in [5.74, 6) is 0.973. The molecule has 3 rings (SSSR count). The van der Waals surface area contributed by atoms with Crippen LogP contribution in [0.1, 0.15) is 12.5 Å². The SMILES string of the molecule is CCOc1nc(N)c2[nH]c(=O)n(Cc3ccc(OCCN(C)C)cc3)c2n1. The Kier molecular flexibility index (Phi) is 5.60. The van der Waals surface area contributed by atoms with Crippen LogP contribution in [0.5, 0.6) is 11.8 Å². The van der Waals surface area contributed by atoms with Gasteiger partial charge in [-0.05, 0) is 38.7 Å². The van der Waals surface area contributed by atoms with Crippen LogP contribution in [0, 0.1) is 0 Å². The monoisotopic (exact) mass is 372 g/mol. The summed E-state index contributed by atoms with van der Waals surface area (Å²) in [6.45, 7) is 4.05. The van der Waals surface area contributed by atoms with E-state index in [1.807, 2.05) is 45.3 Å². The van der Waals surface area contributed by atoms with Crippen molar-refractivity contribution < 1.29 is 9.47 Å². The Balaban J connectivity index is 1.81. The molecule has 0 amide bonds. The average Bonchev–Trinajstić information content (AvgIpc) is 2.93. The van der Waals surface area contributed by atoms with Gasteiger partial charge in [0, 0.05) is 6.54 Å². The zero-order chi connectivity index (χ0) is 19.4. The van der Waals surface area contributed by atoms with Gasteiger partial charge in [0.25, 0.3) is 0 Å². The third-order valence-corrected chi connectivity index (χ3v) is 3.97. The second kappa shape index (κ2) is 8.09. The van der Waals surface area contributed by atoms with Gasteiger partial charge in [-0.1, -0.05) is 12.1 Å². The van der Waals surface area contributed by atoms with Crippen LogP contribution in [0.2, 0.25) is 0 Å². The van der Waals surface area contributed by atoms with Gasteiger partial charge in [-0.25, -0.2) is 4.79 Å². The van der Waals surface area contributed by atoms with Gasteiger partial charge in [0.05, 0.1) is 13.2 Å². The quantitative estimate of drug-likeness (QED) is 0.609. The molecule has 0 radical (unpaired) electrons. The maximum atomic E-state index is 12.4. The van der Waals surface area contributed by atoms with Crippen LogP contribution in [-0.2, 0) is 6.54 Å². The van der Waals surface area contributed by atoms with Gasteiger partial charge >= 0.3 is 11.7 Å². The number of fused-ring (bicyclic) bond motifs is 1. The van der Waals surface area contributed by atoms with E-state index in [1.165, 1.54) is 4.57 Å². The number of aromatic nitrogens is 4. The summed E-state index contributed by atoms with van der Waals surface area (Å²) >= 11 is 0. The third-order valence-electron chi connectivity index (χ3n) is 3.97. The van der Waals surface area contributed by atoms with Gasteiger partial charge < -0.3 is 25.1 Å². The number of nitrogens with one attached hydrogen (secondary N) is 1. The molecular formula is C18H24N6O3. The second-order valence-corrected chi connectivity index (χ2v) is 6.34. The number of H-pyrrole nitrogens is 1. The normalized spacial score (nSPS) is 11.3. The number of ether oxygens (including phenoxy) is 2. The van der Waals surface area contributed by atoms with Crippen LogP contribution < -0.4 is 20.9 Å². The summed E-state index contributed by atoms with van der Waals surface area (Å²) < 4.78 is 12.5. The lowest BCUT2D eigenvalue weighted by Gasteiger charge is -2.11. The molecule has 3 aromatic rings. The first kappa shape index (κ1) is 18.7. The lowest BCUT2D eigenvalue weighted by Crippen LogP contribution is -2.19. The van der Waals surface area contributed by atoms with Crippen molar-refractivity contribution in [1.82, 2.24) is 24.4 Å². The summed E-state index contributed by atoms with van der Waals surface area (Å²) in [7, 11) is 4.00. The summed E-state index contributed by atoms with van der Waals surface area (Å²) in [6.07, 6.45) is 0. The zero-order valence-electron chi connectivity index (χ0n) is 15.7. The molecular weight excluding hydrogens is 348 g/mol. The average molecular weight is 372 g/mol. The number of rotatable bonds is 8. The summed E-state index contributed by atoms with van der Waals surface area (Å²) in [6, 6.07) is 7.77. The number of nitrogens with two attached hydrogens (primary N) is 1. The standard InChI is InChI=1S/C18H24N6O3/c1-4-26-17-21-15(19)14-16(22-17)24(18(25)20-14)11-12-5-7-13(8-6-12)27-10-9-23(2)3/h5-8H,4,9-11H2,1-3H3,(H,20,25)(H2,19,21,22). The molecule has 2 heterocycles. The first-order valence-electron chi connectivity index (χ1n) is 8.73. The number of nitrogens with zero attached hydrogens (tertiary/aromatic N) is 4. The van der Waals surface area contributed by atoms with E-state index >= 15 is 0 Å². The van der Waals surface area contributed by atoms with Crippen molar-refractivity contribution in [2.45, 2.75) is 13.5 Å². The van der Waals surface area contributed by atoms with E-state index in [-0.39, 0.29) is 17.5 Å². The maximum absolute atomic E-state index is 12.4. The molecule has 0 saturated carbocycles. The molecule has 0 bridgehead atoms. The summed E-state index contributed by atoms with van der Waals surface area (Å²) in [5, 5.41) is 0. The van der Waals surface area contributed by atoms with E-state index in [1.54, 1.807) is 0 Å². The van der Waals surface area contributed by atoms with E-state index in [4.69, 9.17) is 15.2 Å². The van der Waals surface area contributed by atoms with Crippen LogP contribution >= 0.6 is 0 Å². The van der Waals surface area contributed by atoms with Gasteiger partial charge in [-0.2, -0.15) is 9.97 Å². The molecule has 0 atom stereocenters. The minimum Gasteiger partial charge on any atom is -0.492 e. The van der Waals surface area contributed by atoms with Gasteiger partial charge in [-0.15, -0.1) is 0 Å². The minimum atomic E-state index is -0.300. The predicted octanol–water partition coefficient (Wildman–Crippen LogP) is 1.09. The van der Waals surface area contributed by atoms with E-state index < -0.39 is 0 Å². The van der Waals surface area contributed by atoms with Gasteiger partial charge in [0.2, 0.25) is 0 Å². The van der Waals surface area contributed by atoms with Crippen LogP contribution in [0.3, 0.4) is 0 Å². The van der Waals surface area contributed by atoms with Gasteiger partial charge in [0.15, 0.2) is 11.5 Å². The topological polar surface area (TPSA) is 111 Å². The summed E-state index contributed by atoms with van der Waals surface area (Å²) in [5.41, 5.74) is 7.38. The lowest BCUT2D eigenvalue weighted by molar-refractivity contribution is 0.261. The van der Waals surface area contributed by atoms with Crippen LogP contribution in [0.25, 0.3) is 11.2 Å². The first-order valence-corrected chi connectivity index (χ1v) is 8.73. The fourth-order valence-electron chi connectivity index (χ4n) is 2.59. The molecule has 27 heavy (non-hydrogen) atoms. The number of hydrogen-bond donors (Lipinski definition) is 2. The lowest BCUT2D eigenvalue weighted by atomic mass is 10.2. The van der Waals surface area contributed by atoms with Gasteiger partial charge in [-0.3, -0.25) is 4.57 Å². The number of aromatic amines is 1. The molecule has 0 aliphatic carbocycles. The minimum absolute atomic E-state index is 0.153. The highest BCUT2D eigenvalue weighted by molar-refractivity contribution is 5.81. The van der Waals surface area contributed by atoms with Crippen molar-refractivity contribution in [3.63, 3.8) is 0 Å². The fourth-order valence-corrected chi connectivity index (χ4v) is 2.59. The first-order chi connectivity index (χ1) is 13.0. The number of anilines is 1. The van der Waals surface area contributed by atoms with Crippen molar-refractivity contribution in [2.24, 2.45) is 0 Å². The molecule has 0 spiro atoms. The van der Waals surface area contributed by atoms with Crippen molar-refractivity contribution in [1.29, 1.82) is 0 Å². The molecule has 0 unspecified atom stereocenters. The number of hydrogen-bond acceptors (Lipinski definition) is 7. The Labute approximate surface area is 156 Å². The molecule has 0 aliphatic heterocycles. The van der Waals surface area contributed by atoms with E-state index in [9.17, 15) is 4.79 Å². The molecule has 1 aromatic carbocycles. The van der Waals surface area contributed by atoms with E-state index in [2.05, 4.69) is 19.9 Å². The number of imidazole rings is 1. The number of likely N-dealkylation sites (N-methyl/N-ethyl adjacent to an activating group) is 1. The van der Waals surface area contributed by atoms with Crippen LogP contribution in [0.15, 0.2) is 29.1 Å². The third kappa shape index (κ3) is 4.37. The Bertz CT molecular complexity index is 962. The van der Waals surface area contributed by atoms with E-state index in [0.29, 0.717) is 30.9 Å². The highest BCUT2D eigenvalue weighted by Crippen LogP contribution is 2.19. The summed E-state index contributed by atoms with van der Waals surface area (Å²) in [4.78, 5) is 25.5. The number of nitrogen functional groups attached to an aromatic ring is 1. The molecule has 2 aromatic heterocycles. The Morgan fingerprint density at radius 3 is 2.59 bits per heavy atom. The molecule has 144 valence electrons.